The van der Waals surface area contributed by atoms with Crippen molar-refractivity contribution in [1.82, 2.24) is 19.7 Å². The van der Waals surface area contributed by atoms with Gasteiger partial charge in [-0.3, -0.25) is 10.1 Å². The molecule has 0 aliphatic heterocycles. The molecule has 0 bridgehead atoms. The number of anilines is 1. The maximum atomic E-state index is 11.1. The van der Waals surface area contributed by atoms with Crippen LogP contribution in [-0.2, 0) is 7.05 Å². The number of pyridine rings is 1. The Kier molecular flexibility index (Phi) is 3.41. The summed E-state index contributed by atoms with van der Waals surface area (Å²) >= 11 is 0. The van der Waals surface area contributed by atoms with E-state index in [0.29, 0.717) is 11.4 Å². The largest absolute Gasteiger partial charge is 0.355 e. The Balaban J connectivity index is 2.32. The fraction of sp³-hybridized carbons (Fsp3) is 0.364. The van der Waals surface area contributed by atoms with E-state index in [4.69, 9.17) is 0 Å². The standard InChI is InChI=1S/C11H14N6O2/c1-7-4-5-12-10(9(7)17(18)19)14-8(2)11-15-13-6-16(11)3/h4-6,8H,1-3H3,(H,12,14). The predicted molar refractivity (Wildman–Crippen MR) is 68.7 cm³/mol. The van der Waals surface area contributed by atoms with Crippen molar-refractivity contribution < 1.29 is 4.92 Å². The molecule has 1 atom stereocenters. The molecule has 2 aromatic heterocycles. The Morgan fingerprint density at radius 1 is 1.53 bits per heavy atom. The molecule has 0 fully saturated rings. The Morgan fingerprint density at radius 3 is 2.84 bits per heavy atom. The lowest BCUT2D eigenvalue weighted by molar-refractivity contribution is -0.384. The SMILES string of the molecule is Cc1ccnc(NC(C)c2nncn2C)c1[N+](=O)[O-]. The van der Waals surface area contributed by atoms with Gasteiger partial charge in [0, 0.05) is 18.8 Å². The van der Waals surface area contributed by atoms with Gasteiger partial charge in [-0.25, -0.2) is 4.98 Å². The van der Waals surface area contributed by atoms with Crippen LogP contribution in [0.2, 0.25) is 0 Å². The van der Waals surface area contributed by atoms with Crippen molar-refractivity contribution in [2.24, 2.45) is 7.05 Å². The van der Waals surface area contributed by atoms with Crippen LogP contribution in [0.25, 0.3) is 0 Å². The highest BCUT2D eigenvalue weighted by Gasteiger charge is 2.21. The van der Waals surface area contributed by atoms with Gasteiger partial charge in [0.2, 0.25) is 5.82 Å². The average Bonchev–Trinajstić information content (AvgIpc) is 2.75. The zero-order chi connectivity index (χ0) is 14.0. The van der Waals surface area contributed by atoms with E-state index in [1.165, 1.54) is 6.20 Å². The van der Waals surface area contributed by atoms with Crippen LogP contribution in [-0.4, -0.2) is 24.7 Å². The van der Waals surface area contributed by atoms with Crippen LogP contribution < -0.4 is 5.32 Å². The molecule has 19 heavy (non-hydrogen) atoms. The lowest BCUT2D eigenvalue weighted by Crippen LogP contribution is -2.14. The molecule has 8 nitrogen and oxygen atoms in total. The van der Waals surface area contributed by atoms with Crippen molar-refractivity contribution in [3.63, 3.8) is 0 Å². The summed E-state index contributed by atoms with van der Waals surface area (Å²) in [5.74, 6) is 0.915. The summed E-state index contributed by atoms with van der Waals surface area (Å²) in [4.78, 5) is 14.7. The fourth-order valence-corrected chi connectivity index (χ4v) is 1.84. The minimum absolute atomic E-state index is 0.0171. The fourth-order valence-electron chi connectivity index (χ4n) is 1.84. The molecule has 2 heterocycles. The van der Waals surface area contributed by atoms with Crippen molar-refractivity contribution in [3.8, 4) is 0 Å². The van der Waals surface area contributed by atoms with Gasteiger partial charge in [0.15, 0.2) is 5.82 Å². The molecule has 2 rings (SSSR count). The zero-order valence-electron chi connectivity index (χ0n) is 10.9. The highest BCUT2D eigenvalue weighted by Crippen LogP contribution is 2.28. The molecule has 0 amide bonds. The summed E-state index contributed by atoms with van der Waals surface area (Å²) in [6.45, 7) is 3.52. The van der Waals surface area contributed by atoms with E-state index in [1.807, 2.05) is 14.0 Å². The highest BCUT2D eigenvalue weighted by atomic mass is 16.6. The van der Waals surface area contributed by atoms with Crippen molar-refractivity contribution in [1.29, 1.82) is 0 Å². The summed E-state index contributed by atoms with van der Waals surface area (Å²) in [7, 11) is 1.81. The highest BCUT2D eigenvalue weighted by molar-refractivity contribution is 5.60. The number of hydrogen-bond acceptors (Lipinski definition) is 6. The first-order valence-corrected chi connectivity index (χ1v) is 5.71. The molecule has 0 saturated heterocycles. The number of aryl methyl sites for hydroxylation is 2. The Morgan fingerprint density at radius 2 is 2.26 bits per heavy atom. The molecule has 8 heteroatoms. The van der Waals surface area contributed by atoms with Gasteiger partial charge in [-0.2, -0.15) is 0 Å². The monoisotopic (exact) mass is 262 g/mol. The predicted octanol–water partition coefficient (Wildman–Crippen LogP) is 1.60. The van der Waals surface area contributed by atoms with E-state index < -0.39 is 4.92 Å². The number of nitrogens with one attached hydrogen (secondary N) is 1. The van der Waals surface area contributed by atoms with E-state index in [0.717, 1.165) is 0 Å². The van der Waals surface area contributed by atoms with Crippen molar-refractivity contribution in [3.05, 3.63) is 40.1 Å². The molecular formula is C11H14N6O2. The summed E-state index contributed by atoms with van der Waals surface area (Å²) in [6.07, 6.45) is 3.11. The molecule has 0 aromatic carbocycles. The van der Waals surface area contributed by atoms with Gasteiger partial charge in [-0.05, 0) is 19.9 Å². The smallest absolute Gasteiger partial charge is 0.314 e. The molecule has 2 aromatic rings. The normalized spacial score (nSPS) is 12.2. The Hall–Kier alpha value is -2.51. The average molecular weight is 262 g/mol. The van der Waals surface area contributed by atoms with Crippen molar-refractivity contribution in [2.45, 2.75) is 19.9 Å². The zero-order valence-corrected chi connectivity index (χ0v) is 10.9. The number of nitrogens with zero attached hydrogens (tertiary/aromatic N) is 5. The van der Waals surface area contributed by atoms with E-state index in [-0.39, 0.29) is 17.5 Å². The first kappa shape index (κ1) is 12.9. The third kappa shape index (κ3) is 2.51. The first-order valence-electron chi connectivity index (χ1n) is 5.71. The van der Waals surface area contributed by atoms with Crippen molar-refractivity contribution >= 4 is 11.5 Å². The summed E-state index contributed by atoms with van der Waals surface area (Å²) in [5, 5.41) is 21.8. The summed E-state index contributed by atoms with van der Waals surface area (Å²) < 4.78 is 1.75. The quantitative estimate of drug-likeness (QED) is 0.663. The molecule has 0 radical (unpaired) electrons. The number of nitro groups is 1. The number of hydrogen-bond donors (Lipinski definition) is 1. The molecular weight excluding hydrogens is 248 g/mol. The van der Waals surface area contributed by atoms with E-state index >= 15 is 0 Å². The van der Waals surface area contributed by atoms with Crippen LogP contribution >= 0.6 is 0 Å². The maximum Gasteiger partial charge on any atom is 0.314 e. The van der Waals surface area contributed by atoms with Gasteiger partial charge < -0.3 is 9.88 Å². The van der Waals surface area contributed by atoms with Gasteiger partial charge in [-0.1, -0.05) is 0 Å². The molecule has 100 valence electrons. The van der Waals surface area contributed by atoms with E-state index in [1.54, 1.807) is 23.9 Å². The van der Waals surface area contributed by atoms with Gasteiger partial charge >= 0.3 is 5.69 Å². The summed E-state index contributed by atoms with van der Waals surface area (Å²) in [5.41, 5.74) is 0.546. The van der Waals surface area contributed by atoms with Crippen molar-refractivity contribution in [2.75, 3.05) is 5.32 Å². The Bertz CT molecular complexity index is 609. The van der Waals surface area contributed by atoms with Crippen LogP contribution in [0.5, 0.6) is 0 Å². The second-order valence-electron chi connectivity index (χ2n) is 4.25. The van der Waals surface area contributed by atoms with Gasteiger partial charge in [-0.15, -0.1) is 10.2 Å². The molecule has 0 aliphatic carbocycles. The molecule has 1 N–H and O–H groups in total. The van der Waals surface area contributed by atoms with Crippen LogP contribution in [0.15, 0.2) is 18.6 Å². The number of rotatable bonds is 4. The molecule has 0 aliphatic rings. The molecule has 0 spiro atoms. The molecule has 1 unspecified atom stereocenters. The second-order valence-corrected chi connectivity index (χ2v) is 4.25. The first-order chi connectivity index (χ1) is 9.00. The van der Waals surface area contributed by atoms with Crippen LogP contribution in [0.3, 0.4) is 0 Å². The van der Waals surface area contributed by atoms with Gasteiger partial charge in [0.05, 0.1) is 11.0 Å². The van der Waals surface area contributed by atoms with Gasteiger partial charge in [0.1, 0.15) is 6.33 Å². The Labute approximate surface area is 109 Å². The minimum Gasteiger partial charge on any atom is -0.355 e. The van der Waals surface area contributed by atoms with Gasteiger partial charge in [0.25, 0.3) is 0 Å². The summed E-state index contributed by atoms with van der Waals surface area (Å²) in [6, 6.07) is 1.37. The second kappa shape index (κ2) is 5.01. The topological polar surface area (TPSA) is 98.8 Å². The lowest BCUT2D eigenvalue weighted by atomic mass is 10.2. The van der Waals surface area contributed by atoms with Crippen LogP contribution in [0, 0.1) is 17.0 Å². The third-order valence-electron chi connectivity index (χ3n) is 2.80. The third-order valence-corrected chi connectivity index (χ3v) is 2.80. The maximum absolute atomic E-state index is 11.1. The molecule has 0 saturated carbocycles. The van der Waals surface area contributed by atoms with E-state index in [9.17, 15) is 10.1 Å². The van der Waals surface area contributed by atoms with E-state index in [2.05, 4.69) is 20.5 Å². The lowest BCUT2D eigenvalue weighted by Gasteiger charge is -2.14. The minimum atomic E-state index is -0.436. The van der Waals surface area contributed by atoms with Crippen LogP contribution in [0.1, 0.15) is 24.4 Å². The van der Waals surface area contributed by atoms with Crippen LogP contribution in [0.4, 0.5) is 11.5 Å². The number of aromatic nitrogens is 4.